The first-order chi connectivity index (χ1) is 13.4. The second-order valence-corrected chi connectivity index (χ2v) is 7.81. The number of anilines is 2. The number of methoxy groups -OCH3 is 1. The van der Waals surface area contributed by atoms with E-state index in [1.165, 1.54) is 16.7 Å². The molecule has 7 heteroatoms. The molecular formula is C21H22N2O4S. The average Bonchev–Trinajstić information content (AvgIpc) is 2.96. The molecule has 1 saturated heterocycles. The van der Waals surface area contributed by atoms with Gasteiger partial charge in [0, 0.05) is 12.1 Å². The molecule has 0 radical (unpaired) electrons. The Bertz CT molecular complexity index is 911. The fraction of sp³-hybridized carbons (Fsp3) is 0.286. The Morgan fingerprint density at radius 3 is 2.50 bits per heavy atom. The molecular weight excluding hydrogens is 376 g/mol. The van der Waals surface area contributed by atoms with E-state index < -0.39 is 5.25 Å². The molecule has 28 heavy (non-hydrogen) atoms. The van der Waals surface area contributed by atoms with Gasteiger partial charge in [0.2, 0.25) is 17.7 Å². The van der Waals surface area contributed by atoms with Crippen molar-refractivity contribution >= 4 is 40.9 Å². The quantitative estimate of drug-likeness (QED) is 0.756. The summed E-state index contributed by atoms with van der Waals surface area (Å²) in [4.78, 5) is 38.5. The highest BCUT2D eigenvalue weighted by Crippen LogP contribution is 2.30. The Kier molecular flexibility index (Phi) is 6.04. The molecule has 0 aliphatic carbocycles. The van der Waals surface area contributed by atoms with Crippen LogP contribution in [0.4, 0.5) is 11.4 Å². The van der Waals surface area contributed by atoms with Crippen molar-refractivity contribution in [3.05, 3.63) is 53.6 Å². The first-order valence-corrected chi connectivity index (χ1v) is 9.93. The number of benzene rings is 2. The molecule has 3 rings (SSSR count). The summed E-state index contributed by atoms with van der Waals surface area (Å²) in [6, 6.07) is 12.5. The summed E-state index contributed by atoms with van der Waals surface area (Å²) in [5, 5.41) is 2.23. The molecule has 0 bridgehead atoms. The second kappa shape index (κ2) is 8.48. The van der Waals surface area contributed by atoms with Gasteiger partial charge in [-0.25, -0.2) is 4.90 Å². The topological polar surface area (TPSA) is 75.7 Å². The van der Waals surface area contributed by atoms with Crippen molar-refractivity contribution in [2.75, 3.05) is 23.1 Å². The number of amides is 3. The maximum Gasteiger partial charge on any atom is 0.247 e. The van der Waals surface area contributed by atoms with Crippen LogP contribution in [0.2, 0.25) is 0 Å². The number of carbonyl (C=O) groups excluding carboxylic acids is 3. The molecule has 0 spiro atoms. The molecule has 1 N–H and O–H groups in total. The van der Waals surface area contributed by atoms with Crippen molar-refractivity contribution in [1.29, 1.82) is 0 Å². The minimum absolute atomic E-state index is 0.0937. The maximum absolute atomic E-state index is 12.7. The van der Waals surface area contributed by atoms with Crippen LogP contribution in [0, 0.1) is 13.8 Å². The zero-order chi connectivity index (χ0) is 20.3. The highest BCUT2D eigenvalue weighted by molar-refractivity contribution is 8.01. The molecule has 1 aliphatic rings. The van der Waals surface area contributed by atoms with Crippen molar-refractivity contribution < 1.29 is 19.1 Å². The van der Waals surface area contributed by atoms with Gasteiger partial charge >= 0.3 is 0 Å². The fourth-order valence-corrected chi connectivity index (χ4v) is 3.85. The average molecular weight is 398 g/mol. The van der Waals surface area contributed by atoms with E-state index in [-0.39, 0.29) is 29.9 Å². The van der Waals surface area contributed by atoms with Crippen LogP contribution < -0.4 is 15.0 Å². The highest BCUT2D eigenvalue weighted by Gasteiger charge is 2.40. The molecule has 2 aromatic rings. The lowest BCUT2D eigenvalue weighted by molar-refractivity contribution is -0.121. The number of nitrogens with one attached hydrogen (secondary N) is 1. The van der Waals surface area contributed by atoms with E-state index >= 15 is 0 Å². The minimum Gasteiger partial charge on any atom is -0.497 e. The summed E-state index contributed by atoms with van der Waals surface area (Å²) >= 11 is 1.19. The molecule has 2 aromatic carbocycles. The molecule has 146 valence electrons. The molecule has 0 saturated carbocycles. The number of aryl methyl sites for hydroxylation is 2. The predicted molar refractivity (Wildman–Crippen MR) is 111 cm³/mol. The van der Waals surface area contributed by atoms with Gasteiger partial charge in [-0.3, -0.25) is 14.4 Å². The van der Waals surface area contributed by atoms with Gasteiger partial charge in [0.25, 0.3) is 0 Å². The van der Waals surface area contributed by atoms with Crippen molar-refractivity contribution in [3.8, 4) is 5.75 Å². The van der Waals surface area contributed by atoms with Crippen LogP contribution in [-0.2, 0) is 14.4 Å². The van der Waals surface area contributed by atoms with Crippen LogP contribution >= 0.6 is 11.8 Å². The van der Waals surface area contributed by atoms with Gasteiger partial charge in [-0.05, 0) is 61.4 Å². The smallest absolute Gasteiger partial charge is 0.247 e. The van der Waals surface area contributed by atoms with Crippen LogP contribution in [0.5, 0.6) is 5.75 Å². The number of imide groups is 1. The van der Waals surface area contributed by atoms with Crippen LogP contribution in [0.15, 0.2) is 42.5 Å². The van der Waals surface area contributed by atoms with E-state index in [0.717, 1.165) is 11.1 Å². The fourth-order valence-electron chi connectivity index (χ4n) is 2.92. The van der Waals surface area contributed by atoms with Crippen LogP contribution in [-0.4, -0.2) is 35.8 Å². The molecule has 3 amide bonds. The van der Waals surface area contributed by atoms with Gasteiger partial charge in [-0.2, -0.15) is 0 Å². The molecule has 0 aromatic heterocycles. The Labute approximate surface area is 168 Å². The van der Waals surface area contributed by atoms with E-state index in [1.54, 1.807) is 37.4 Å². The van der Waals surface area contributed by atoms with Crippen molar-refractivity contribution in [3.63, 3.8) is 0 Å². The highest BCUT2D eigenvalue weighted by atomic mass is 32.2. The monoisotopic (exact) mass is 398 g/mol. The Morgan fingerprint density at radius 1 is 1.14 bits per heavy atom. The number of thioether (sulfide) groups is 1. The molecule has 1 aliphatic heterocycles. The number of rotatable bonds is 6. The number of carbonyl (C=O) groups is 3. The normalized spacial score (nSPS) is 16.4. The predicted octanol–water partition coefficient (Wildman–Crippen LogP) is 3.32. The molecule has 1 fully saturated rings. The third kappa shape index (κ3) is 4.36. The van der Waals surface area contributed by atoms with Gasteiger partial charge in [0.15, 0.2) is 0 Å². The van der Waals surface area contributed by atoms with Crippen LogP contribution in [0.3, 0.4) is 0 Å². The number of nitrogens with zero attached hydrogens (tertiary/aromatic N) is 1. The van der Waals surface area contributed by atoms with E-state index in [9.17, 15) is 14.4 Å². The Hall–Kier alpha value is -2.80. The van der Waals surface area contributed by atoms with E-state index in [2.05, 4.69) is 5.32 Å². The lowest BCUT2D eigenvalue weighted by Gasteiger charge is -2.16. The van der Waals surface area contributed by atoms with Crippen molar-refractivity contribution in [2.45, 2.75) is 25.5 Å². The number of hydrogen-bond donors (Lipinski definition) is 1. The molecule has 1 heterocycles. The van der Waals surface area contributed by atoms with Crippen molar-refractivity contribution in [1.82, 2.24) is 0 Å². The summed E-state index contributed by atoms with van der Waals surface area (Å²) in [5.41, 5.74) is 3.36. The summed E-state index contributed by atoms with van der Waals surface area (Å²) in [6.07, 6.45) is 0.103. The van der Waals surface area contributed by atoms with Gasteiger partial charge in [0.05, 0.1) is 23.8 Å². The number of ether oxygens (including phenoxy) is 1. The van der Waals surface area contributed by atoms with E-state index in [1.807, 2.05) is 26.0 Å². The minimum atomic E-state index is -0.546. The summed E-state index contributed by atoms with van der Waals surface area (Å²) in [6.45, 7) is 3.92. The zero-order valence-corrected chi connectivity index (χ0v) is 16.8. The molecule has 1 atom stereocenters. The third-order valence-electron chi connectivity index (χ3n) is 4.64. The van der Waals surface area contributed by atoms with Crippen molar-refractivity contribution in [2.24, 2.45) is 0 Å². The summed E-state index contributed by atoms with van der Waals surface area (Å²) in [5.74, 6) is 0.0713. The zero-order valence-electron chi connectivity index (χ0n) is 16.0. The van der Waals surface area contributed by atoms with Gasteiger partial charge in [-0.1, -0.05) is 6.07 Å². The summed E-state index contributed by atoms with van der Waals surface area (Å²) < 4.78 is 5.08. The largest absolute Gasteiger partial charge is 0.497 e. The van der Waals surface area contributed by atoms with Crippen LogP contribution in [0.25, 0.3) is 0 Å². The standard InChI is InChI=1S/C21H22N2O4S/c1-13-4-7-16(10-14(13)2)23-20(25)11-18(21(23)26)28-12-19(24)22-15-5-8-17(27-3)9-6-15/h4-10,18H,11-12H2,1-3H3,(H,22,24). The SMILES string of the molecule is COc1ccc(NC(=O)CSC2CC(=O)N(c3ccc(C)c(C)c3)C2=O)cc1. The second-order valence-electron chi connectivity index (χ2n) is 6.62. The Morgan fingerprint density at radius 2 is 1.86 bits per heavy atom. The third-order valence-corrected chi connectivity index (χ3v) is 5.84. The van der Waals surface area contributed by atoms with Gasteiger partial charge in [0.1, 0.15) is 5.75 Å². The summed E-state index contributed by atoms with van der Waals surface area (Å²) in [7, 11) is 1.57. The van der Waals surface area contributed by atoms with Crippen LogP contribution in [0.1, 0.15) is 17.5 Å². The first-order valence-electron chi connectivity index (χ1n) is 8.88. The lowest BCUT2D eigenvalue weighted by Crippen LogP contribution is -2.31. The molecule has 1 unspecified atom stereocenters. The van der Waals surface area contributed by atoms with E-state index in [4.69, 9.17) is 4.74 Å². The maximum atomic E-state index is 12.7. The lowest BCUT2D eigenvalue weighted by atomic mass is 10.1. The first kappa shape index (κ1) is 19.9. The van der Waals surface area contributed by atoms with Gasteiger partial charge < -0.3 is 10.1 Å². The van der Waals surface area contributed by atoms with E-state index in [0.29, 0.717) is 17.1 Å². The number of hydrogen-bond acceptors (Lipinski definition) is 5. The molecule has 6 nitrogen and oxygen atoms in total. The van der Waals surface area contributed by atoms with Gasteiger partial charge in [-0.15, -0.1) is 11.8 Å². The Balaban J connectivity index is 1.58.